The molecule has 0 bridgehead atoms. The largest absolute Gasteiger partial charge is 0.391 e. The number of rotatable bonds is 1. The molecule has 0 saturated carbocycles. The third kappa shape index (κ3) is 2.14. The lowest BCUT2D eigenvalue weighted by molar-refractivity contribution is -0.155. The van der Waals surface area contributed by atoms with Crippen LogP contribution in [-0.4, -0.2) is 11.6 Å². The second kappa shape index (κ2) is 1.48. The van der Waals surface area contributed by atoms with Crippen molar-refractivity contribution in [2.45, 2.75) is 19.5 Å². The standard InChI is InChI=1S/C4H6FO2/c1-4(2,5)3(6)7/h1-2H3. The van der Waals surface area contributed by atoms with Gasteiger partial charge in [-0.15, -0.1) is 0 Å². The highest BCUT2D eigenvalue weighted by molar-refractivity contribution is 5.75. The van der Waals surface area contributed by atoms with Gasteiger partial charge in [0.15, 0.2) is 0 Å². The normalized spacial score (nSPS) is 11.3. The summed E-state index contributed by atoms with van der Waals surface area (Å²) >= 11 is 0. The summed E-state index contributed by atoms with van der Waals surface area (Å²) in [6.45, 7) is 1.87. The summed E-state index contributed by atoms with van der Waals surface area (Å²) in [5.41, 5.74) is -2.19. The number of hydrogen-bond acceptors (Lipinski definition) is 1. The van der Waals surface area contributed by atoms with Crippen molar-refractivity contribution in [3.05, 3.63) is 0 Å². The van der Waals surface area contributed by atoms with Crippen LogP contribution in [0.5, 0.6) is 0 Å². The van der Waals surface area contributed by atoms with Gasteiger partial charge in [0.2, 0.25) is 5.67 Å². The van der Waals surface area contributed by atoms with Crippen molar-refractivity contribution < 1.29 is 14.3 Å². The molecule has 0 heterocycles. The minimum absolute atomic E-state index is 0.933. The topological polar surface area (TPSA) is 37.0 Å². The van der Waals surface area contributed by atoms with Crippen molar-refractivity contribution >= 4 is 5.97 Å². The number of halogens is 1. The van der Waals surface area contributed by atoms with Gasteiger partial charge in [-0.05, 0) is 13.8 Å². The summed E-state index contributed by atoms with van der Waals surface area (Å²) in [7, 11) is 0. The lowest BCUT2D eigenvalue weighted by Gasteiger charge is -2.01. The molecule has 0 atom stereocenters. The summed E-state index contributed by atoms with van der Waals surface area (Å²) in [6, 6.07) is 0. The molecule has 0 N–H and O–H groups in total. The van der Waals surface area contributed by atoms with Gasteiger partial charge in [0.1, 0.15) is 0 Å². The van der Waals surface area contributed by atoms with E-state index in [0.29, 0.717) is 0 Å². The van der Waals surface area contributed by atoms with Crippen LogP contribution in [0.25, 0.3) is 0 Å². The molecule has 0 aromatic heterocycles. The summed E-state index contributed by atoms with van der Waals surface area (Å²) < 4.78 is 11.8. The molecule has 41 valence electrons. The van der Waals surface area contributed by atoms with E-state index in [2.05, 4.69) is 0 Å². The molecule has 7 heavy (non-hydrogen) atoms. The Labute approximate surface area is 41.0 Å². The van der Waals surface area contributed by atoms with Crippen LogP contribution in [0.4, 0.5) is 4.39 Å². The minimum Gasteiger partial charge on any atom is -0.244 e. The summed E-state index contributed by atoms with van der Waals surface area (Å²) in [5.74, 6) is -1.67. The molecule has 0 unspecified atom stereocenters. The molecule has 0 fully saturated rings. The maximum atomic E-state index is 11.8. The first-order valence-corrected chi connectivity index (χ1v) is 1.85. The van der Waals surface area contributed by atoms with Gasteiger partial charge in [-0.3, -0.25) is 0 Å². The van der Waals surface area contributed by atoms with Crippen LogP contribution >= 0.6 is 0 Å². The fourth-order valence-corrected chi connectivity index (χ4v) is 0. The van der Waals surface area contributed by atoms with Crippen molar-refractivity contribution in [2.75, 3.05) is 0 Å². The van der Waals surface area contributed by atoms with E-state index in [4.69, 9.17) is 0 Å². The van der Waals surface area contributed by atoms with E-state index < -0.39 is 11.6 Å². The first-order chi connectivity index (χ1) is 2.94. The van der Waals surface area contributed by atoms with Crippen LogP contribution < -0.4 is 0 Å². The van der Waals surface area contributed by atoms with E-state index in [-0.39, 0.29) is 0 Å². The van der Waals surface area contributed by atoms with E-state index >= 15 is 0 Å². The van der Waals surface area contributed by atoms with Crippen LogP contribution in [0, 0.1) is 0 Å². The van der Waals surface area contributed by atoms with E-state index in [0.717, 1.165) is 13.8 Å². The Morgan fingerprint density at radius 3 is 1.71 bits per heavy atom. The van der Waals surface area contributed by atoms with Crippen molar-refractivity contribution in [1.82, 2.24) is 0 Å². The number of carbonyl (C=O) groups is 1. The number of carbonyl (C=O) groups excluding carboxylic acids is 1. The maximum Gasteiger partial charge on any atom is 0.391 e. The second-order valence-corrected chi connectivity index (χ2v) is 1.76. The summed E-state index contributed by atoms with van der Waals surface area (Å²) in [5, 5.41) is 9.53. The van der Waals surface area contributed by atoms with Crippen molar-refractivity contribution in [1.29, 1.82) is 0 Å². The molecular weight excluding hydrogens is 99.0 g/mol. The SMILES string of the molecule is CC(C)(F)C([O])=O. The predicted octanol–water partition coefficient (Wildman–Crippen LogP) is 0.692. The average molecular weight is 105 g/mol. The molecule has 0 aromatic carbocycles. The van der Waals surface area contributed by atoms with E-state index in [1.165, 1.54) is 0 Å². The van der Waals surface area contributed by atoms with Crippen LogP contribution in [-0.2, 0) is 9.90 Å². The van der Waals surface area contributed by atoms with Gasteiger partial charge < -0.3 is 0 Å². The number of hydrogen-bond donors (Lipinski definition) is 0. The lowest BCUT2D eigenvalue weighted by atomic mass is 10.2. The molecule has 0 rings (SSSR count). The Kier molecular flexibility index (Phi) is 1.35. The highest BCUT2D eigenvalue weighted by Gasteiger charge is 2.27. The molecule has 0 spiro atoms. The summed E-state index contributed by atoms with van der Waals surface area (Å²) in [6.07, 6.45) is 0. The highest BCUT2D eigenvalue weighted by Crippen LogP contribution is 2.06. The van der Waals surface area contributed by atoms with Crippen LogP contribution in [0.3, 0.4) is 0 Å². The number of alkyl halides is 1. The average Bonchev–Trinajstić information content (AvgIpc) is 1.31. The van der Waals surface area contributed by atoms with E-state index in [1.54, 1.807) is 0 Å². The van der Waals surface area contributed by atoms with Gasteiger partial charge >= 0.3 is 5.97 Å². The first kappa shape index (κ1) is 6.40. The molecule has 0 aromatic rings. The minimum atomic E-state index is -2.19. The van der Waals surface area contributed by atoms with Crippen molar-refractivity contribution in [3.63, 3.8) is 0 Å². The van der Waals surface area contributed by atoms with Gasteiger partial charge in [0.25, 0.3) is 0 Å². The van der Waals surface area contributed by atoms with E-state index in [9.17, 15) is 14.3 Å². The third-order valence-electron chi connectivity index (χ3n) is 0.485. The maximum absolute atomic E-state index is 11.8. The van der Waals surface area contributed by atoms with Crippen LogP contribution in [0.1, 0.15) is 13.8 Å². The Hall–Kier alpha value is -0.600. The molecular formula is C4H6FO2. The molecule has 0 aliphatic rings. The van der Waals surface area contributed by atoms with Gasteiger partial charge in [-0.1, -0.05) is 0 Å². The van der Waals surface area contributed by atoms with Gasteiger partial charge in [0.05, 0.1) is 0 Å². The fourth-order valence-electron chi connectivity index (χ4n) is 0. The Balaban J connectivity index is 3.79. The van der Waals surface area contributed by atoms with Crippen molar-refractivity contribution in [2.24, 2.45) is 0 Å². The lowest BCUT2D eigenvalue weighted by Crippen LogP contribution is -2.23. The van der Waals surface area contributed by atoms with Gasteiger partial charge in [0, 0.05) is 0 Å². The van der Waals surface area contributed by atoms with Crippen LogP contribution in [0.15, 0.2) is 0 Å². The smallest absolute Gasteiger partial charge is 0.244 e. The fraction of sp³-hybridized carbons (Fsp3) is 0.750. The first-order valence-electron chi connectivity index (χ1n) is 1.85. The zero-order chi connectivity index (χ0) is 6.08. The third-order valence-corrected chi connectivity index (χ3v) is 0.485. The molecule has 0 aliphatic carbocycles. The Bertz CT molecular complexity index is 82.2. The Morgan fingerprint density at radius 1 is 1.57 bits per heavy atom. The van der Waals surface area contributed by atoms with Gasteiger partial charge in [-0.2, -0.15) is 0 Å². The van der Waals surface area contributed by atoms with Crippen molar-refractivity contribution in [3.8, 4) is 0 Å². The second-order valence-electron chi connectivity index (χ2n) is 1.76. The summed E-state index contributed by atoms with van der Waals surface area (Å²) in [4.78, 5) is 9.53. The zero-order valence-electron chi connectivity index (χ0n) is 4.19. The predicted molar refractivity (Wildman–Crippen MR) is 20.9 cm³/mol. The molecule has 0 saturated heterocycles. The zero-order valence-corrected chi connectivity index (χ0v) is 4.19. The Morgan fingerprint density at radius 2 is 1.71 bits per heavy atom. The molecule has 0 aliphatic heterocycles. The van der Waals surface area contributed by atoms with E-state index in [1.807, 2.05) is 0 Å². The van der Waals surface area contributed by atoms with Crippen LogP contribution in [0.2, 0.25) is 0 Å². The molecule has 1 radical (unpaired) electrons. The molecule has 3 heteroatoms. The highest BCUT2D eigenvalue weighted by atomic mass is 19.1. The quantitative estimate of drug-likeness (QED) is 0.483. The molecule has 2 nitrogen and oxygen atoms in total. The monoisotopic (exact) mass is 105 g/mol. The molecule has 0 amide bonds. The van der Waals surface area contributed by atoms with Gasteiger partial charge in [-0.25, -0.2) is 14.3 Å².